The number of hydrogen-bond acceptors (Lipinski definition) is 7. The SMILES string of the molecule is C[C@@H]1CO[C@@H](C)CN1C[C@H]1CN(C(=O)OC(C)(C)C)[C@H](C)CN1CC(=O)N1CC(C)(C)c2c1cc(Cc1ccc(F)cc1F)c(=O)n2C. The van der Waals surface area contributed by atoms with Gasteiger partial charge < -0.3 is 23.8 Å². The fourth-order valence-corrected chi connectivity index (χ4v) is 7.37. The summed E-state index contributed by atoms with van der Waals surface area (Å²) in [5.74, 6) is -1.53. The number of carbonyl (C=O) groups excluding carboxylic acids is 2. The van der Waals surface area contributed by atoms with Gasteiger partial charge in [0.25, 0.3) is 5.56 Å². The summed E-state index contributed by atoms with van der Waals surface area (Å²) >= 11 is 0. The van der Waals surface area contributed by atoms with Crippen molar-refractivity contribution in [1.82, 2.24) is 19.3 Å². The van der Waals surface area contributed by atoms with Gasteiger partial charge >= 0.3 is 6.09 Å². The summed E-state index contributed by atoms with van der Waals surface area (Å²) in [4.78, 5) is 49.2. The van der Waals surface area contributed by atoms with Gasteiger partial charge in [-0.1, -0.05) is 19.9 Å². The van der Waals surface area contributed by atoms with Crippen molar-refractivity contribution in [3.05, 3.63) is 63.1 Å². The van der Waals surface area contributed by atoms with Crippen molar-refractivity contribution in [2.75, 3.05) is 50.8 Å². The third-order valence-electron chi connectivity index (χ3n) is 9.75. The van der Waals surface area contributed by atoms with Crippen molar-refractivity contribution >= 4 is 17.7 Å². The van der Waals surface area contributed by atoms with E-state index in [1.807, 2.05) is 41.5 Å². The highest BCUT2D eigenvalue weighted by Gasteiger charge is 2.43. The molecule has 264 valence electrons. The Kier molecular flexibility index (Phi) is 10.1. The number of amides is 2. The van der Waals surface area contributed by atoms with Crippen molar-refractivity contribution < 1.29 is 27.8 Å². The molecule has 12 heteroatoms. The molecule has 0 N–H and O–H groups in total. The van der Waals surface area contributed by atoms with Gasteiger partial charge in [0.15, 0.2) is 0 Å². The molecule has 0 saturated carbocycles. The van der Waals surface area contributed by atoms with E-state index in [-0.39, 0.29) is 60.3 Å². The lowest BCUT2D eigenvalue weighted by Crippen LogP contribution is -2.64. The Morgan fingerprint density at radius 1 is 1.00 bits per heavy atom. The van der Waals surface area contributed by atoms with Crippen LogP contribution < -0.4 is 10.5 Å². The molecule has 48 heavy (non-hydrogen) atoms. The van der Waals surface area contributed by atoms with E-state index in [0.717, 1.165) is 18.3 Å². The summed E-state index contributed by atoms with van der Waals surface area (Å²) in [5.41, 5.74) is 0.462. The van der Waals surface area contributed by atoms with Gasteiger partial charge in [-0.15, -0.1) is 0 Å². The number of anilines is 1. The smallest absolute Gasteiger partial charge is 0.410 e. The molecule has 2 amide bonds. The molecule has 0 aliphatic carbocycles. The van der Waals surface area contributed by atoms with E-state index in [0.29, 0.717) is 44.0 Å². The summed E-state index contributed by atoms with van der Waals surface area (Å²) in [5, 5.41) is 0. The van der Waals surface area contributed by atoms with Gasteiger partial charge in [0.2, 0.25) is 5.91 Å². The number of nitrogens with zero attached hydrogens (tertiary/aromatic N) is 5. The molecule has 1 aromatic heterocycles. The second kappa shape index (κ2) is 13.5. The van der Waals surface area contributed by atoms with Crippen LogP contribution in [-0.4, -0.2) is 107 Å². The largest absolute Gasteiger partial charge is 0.444 e. The number of pyridine rings is 1. The molecule has 4 atom stereocenters. The number of carbonyl (C=O) groups is 2. The highest BCUT2D eigenvalue weighted by atomic mass is 19.1. The highest BCUT2D eigenvalue weighted by Crippen LogP contribution is 2.40. The number of halogens is 2. The van der Waals surface area contributed by atoms with E-state index in [4.69, 9.17) is 9.47 Å². The molecule has 3 aliphatic heterocycles. The van der Waals surface area contributed by atoms with Gasteiger partial charge in [0.05, 0.1) is 30.6 Å². The van der Waals surface area contributed by atoms with Crippen LogP contribution in [0.15, 0.2) is 29.1 Å². The van der Waals surface area contributed by atoms with E-state index in [9.17, 15) is 23.2 Å². The number of ether oxygens (including phenoxy) is 2. The normalized spacial score (nSPS) is 24.9. The number of rotatable bonds is 6. The van der Waals surface area contributed by atoms with Gasteiger partial charge in [0, 0.05) is 81.4 Å². The van der Waals surface area contributed by atoms with Crippen molar-refractivity contribution in [3.8, 4) is 0 Å². The Hall–Kier alpha value is -3.35. The number of morpholine rings is 1. The molecule has 4 heterocycles. The Morgan fingerprint density at radius 3 is 2.38 bits per heavy atom. The lowest BCUT2D eigenvalue weighted by molar-refractivity contribution is -0.122. The minimum absolute atomic E-state index is 0.0309. The molecule has 0 radical (unpaired) electrons. The van der Waals surface area contributed by atoms with Crippen LogP contribution in [0, 0.1) is 11.6 Å². The molecule has 2 aromatic rings. The van der Waals surface area contributed by atoms with E-state index < -0.39 is 22.7 Å². The predicted molar refractivity (Wildman–Crippen MR) is 180 cm³/mol. The third-order valence-corrected chi connectivity index (χ3v) is 9.75. The molecule has 5 rings (SSSR count). The molecule has 0 spiro atoms. The average molecular weight is 672 g/mol. The van der Waals surface area contributed by atoms with Crippen molar-refractivity contribution in [1.29, 1.82) is 0 Å². The van der Waals surface area contributed by atoms with Crippen molar-refractivity contribution in [3.63, 3.8) is 0 Å². The molecule has 1 aromatic carbocycles. The topological polar surface area (TPSA) is 87.6 Å². The summed E-state index contributed by atoms with van der Waals surface area (Å²) < 4.78 is 41.4. The zero-order chi connectivity index (χ0) is 35.3. The minimum Gasteiger partial charge on any atom is -0.444 e. The van der Waals surface area contributed by atoms with Crippen LogP contribution in [0.1, 0.15) is 72.2 Å². The predicted octanol–water partition coefficient (Wildman–Crippen LogP) is 4.30. The summed E-state index contributed by atoms with van der Waals surface area (Å²) in [6, 6.07) is 4.88. The number of aromatic nitrogens is 1. The number of fused-ring (bicyclic) bond motifs is 1. The average Bonchev–Trinajstić information content (AvgIpc) is 3.25. The number of benzene rings is 1. The molecular formula is C36H51F2N5O5. The standard InChI is InChI=1S/C36H51F2N5O5/c1-22-15-41(28(17-40-16-24(3)47-20-23(40)2)18-42(22)34(46)48-35(4,5)6)19-31(44)43-21-36(7,8)32-30(43)13-26(33(45)39(32)9)12-25-10-11-27(37)14-29(25)38/h10-11,13-14,22-24,28H,12,15-21H2,1-9H3/t22-,23-,24+,28+/m1/s1. The van der Waals surface area contributed by atoms with Gasteiger partial charge in [-0.3, -0.25) is 19.4 Å². The first-order valence-electron chi connectivity index (χ1n) is 16.9. The number of hydrogen-bond donors (Lipinski definition) is 0. The van der Waals surface area contributed by atoms with Crippen molar-refractivity contribution in [2.24, 2.45) is 7.05 Å². The summed E-state index contributed by atoms with van der Waals surface area (Å²) in [7, 11) is 1.68. The van der Waals surface area contributed by atoms with E-state index in [1.54, 1.807) is 27.5 Å². The molecule has 0 unspecified atom stereocenters. The third kappa shape index (κ3) is 7.60. The summed E-state index contributed by atoms with van der Waals surface area (Å²) in [6.45, 7) is 19.1. The lowest BCUT2D eigenvalue weighted by Gasteiger charge is -2.48. The van der Waals surface area contributed by atoms with Gasteiger partial charge in [0.1, 0.15) is 17.2 Å². The Balaban J connectivity index is 1.43. The van der Waals surface area contributed by atoms with Crippen LogP contribution in [0.2, 0.25) is 0 Å². The number of piperazine rings is 1. The van der Waals surface area contributed by atoms with Gasteiger partial charge in [-0.05, 0) is 59.2 Å². The maximum atomic E-state index is 14.6. The fraction of sp³-hybridized carbons (Fsp3) is 0.639. The molecule has 0 bridgehead atoms. The Bertz CT molecular complexity index is 1600. The highest BCUT2D eigenvalue weighted by molar-refractivity contribution is 5.97. The van der Waals surface area contributed by atoms with E-state index >= 15 is 0 Å². The summed E-state index contributed by atoms with van der Waals surface area (Å²) in [6.07, 6.45) is -0.319. The zero-order valence-corrected chi connectivity index (χ0v) is 29.8. The molecule has 2 fully saturated rings. The minimum atomic E-state index is -0.722. The van der Waals surface area contributed by atoms with Gasteiger partial charge in [-0.2, -0.15) is 0 Å². The molecule has 10 nitrogen and oxygen atoms in total. The Labute approximate surface area is 282 Å². The molecular weight excluding hydrogens is 620 g/mol. The molecule has 2 saturated heterocycles. The van der Waals surface area contributed by atoms with Crippen LogP contribution in [-0.2, 0) is 33.2 Å². The Morgan fingerprint density at radius 2 is 1.71 bits per heavy atom. The zero-order valence-electron chi connectivity index (χ0n) is 29.8. The van der Waals surface area contributed by atoms with Crippen LogP contribution in [0.4, 0.5) is 19.3 Å². The van der Waals surface area contributed by atoms with Crippen LogP contribution in [0.25, 0.3) is 0 Å². The van der Waals surface area contributed by atoms with Crippen LogP contribution >= 0.6 is 0 Å². The lowest BCUT2D eigenvalue weighted by atomic mass is 9.90. The first-order chi connectivity index (χ1) is 22.3. The second-order valence-electron chi connectivity index (χ2n) is 15.6. The van der Waals surface area contributed by atoms with Crippen molar-refractivity contribution in [2.45, 2.75) is 97.1 Å². The van der Waals surface area contributed by atoms with E-state index in [2.05, 4.69) is 23.6 Å². The molecule has 3 aliphatic rings. The van der Waals surface area contributed by atoms with Crippen LogP contribution in [0.3, 0.4) is 0 Å². The maximum Gasteiger partial charge on any atom is 0.410 e. The monoisotopic (exact) mass is 671 g/mol. The first-order valence-corrected chi connectivity index (χ1v) is 16.9. The van der Waals surface area contributed by atoms with Crippen LogP contribution in [0.5, 0.6) is 0 Å². The quantitative estimate of drug-likeness (QED) is 0.453. The fourth-order valence-electron chi connectivity index (χ4n) is 7.37. The van der Waals surface area contributed by atoms with E-state index in [1.165, 1.54) is 12.1 Å². The maximum absolute atomic E-state index is 14.6. The second-order valence-corrected chi connectivity index (χ2v) is 15.6. The van der Waals surface area contributed by atoms with Gasteiger partial charge in [-0.25, -0.2) is 13.6 Å². The first kappa shape index (κ1) is 35.9.